The zero-order chi connectivity index (χ0) is 24.3. The van der Waals surface area contributed by atoms with Crippen molar-refractivity contribution in [2.24, 2.45) is 4.36 Å². The first-order chi connectivity index (χ1) is 15.5. The quantitative estimate of drug-likeness (QED) is 0.413. The molecule has 2 amide bonds. The molecule has 0 radical (unpaired) electrons. The van der Waals surface area contributed by atoms with Crippen molar-refractivity contribution in [2.45, 2.75) is 16.0 Å². The van der Waals surface area contributed by atoms with E-state index in [4.69, 9.17) is 5.11 Å². The van der Waals surface area contributed by atoms with Gasteiger partial charge in [0, 0.05) is 24.2 Å². The van der Waals surface area contributed by atoms with Crippen LogP contribution in [-0.4, -0.2) is 39.6 Å². The van der Waals surface area contributed by atoms with Gasteiger partial charge in [-0.25, -0.2) is 22.8 Å². The summed E-state index contributed by atoms with van der Waals surface area (Å²) < 4.78 is 43.6. The Balaban J connectivity index is 1.81. The first kappa shape index (κ1) is 24.9. The average molecular weight is 558 g/mol. The summed E-state index contributed by atoms with van der Waals surface area (Å²) in [6, 6.07) is 9.70. The third-order valence-electron chi connectivity index (χ3n) is 4.58. The maximum Gasteiger partial charge on any atom is 0.439 e. The van der Waals surface area contributed by atoms with E-state index in [1.165, 1.54) is 18.2 Å². The van der Waals surface area contributed by atoms with Crippen molar-refractivity contribution in [1.29, 1.82) is 0 Å². The summed E-state index contributed by atoms with van der Waals surface area (Å²) in [6.45, 7) is 0. The number of benzene rings is 2. The molecule has 0 aliphatic carbocycles. The molecule has 0 saturated heterocycles. The summed E-state index contributed by atoms with van der Waals surface area (Å²) in [4.78, 5) is 29.3. The van der Waals surface area contributed by atoms with E-state index in [1.807, 2.05) is 0 Å². The number of alkyl halides is 1. The van der Waals surface area contributed by atoms with Gasteiger partial charge in [0.05, 0.1) is 21.8 Å². The van der Waals surface area contributed by atoms with Gasteiger partial charge in [0.15, 0.2) is 5.13 Å². The van der Waals surface area contributed by atoms with Crippen LogP contribution in [-0.2, 0) is 26.3 Å². The van der Waals surface area contributed by atoms with E-state index in [0.717, 1.165) is 29.5 Å². The molecule has 1 heterocycles. The molecular weight excluding hydrogens is 540 g/mol. The van der Waals surface area contributed by atoms with E-state index in [9.17, 15) is 22.6 Å². The van der Waals surface area contributed by atoms with Gasteiger partial charge in [0.1, 0.15) is 15.8 Å². The maximum atomic E-state index is 14.0. The summed E-state index contributed by atoms with van der Waals surface area (Å²) in [5, 5.41) is 9.34. The van der Waals surface area contributed by atoms with Crippen LogP contribution in [0, 0.1) is 11.6 Å². The first-order valence-electron chi connectivity index (χ1n) is 9.33. The van der Waals surface area contributed by atoms with Crippen LogP contribution in [0.3, 0.4) is 0 Å². The van der Waals surface area contributed by atoms with Crippen LogP contribution < -0.4 is 4.90 Å². The molecule has 174 valence electrons. The van der Waals surface area contributed by atoms with E-state index in [-0.39, 0.29) is 32.6 Å². The van der Waals surface area contributed by atoms with Gasteiger partial charge in [-0.05, 0) is 29.3 Å². The number of likely N-dealkylation sites (N-methyl/N-ethyl adjacent to an activating group) is 1. The molecular formula is C21H18BrF2N3O4S2. The Bertz CT molecular complexity index is 1340. The lowest BCUT2D eigenvalue weighted by molar-refractivity contribution is -0.117. The van der Waals surface area contributed by atoms with Crippen molar-refractivity contribution in [1.82, 2.24) is 4.98 Å². The fourth-order valence-electron chi connectivity index (χ4n) is 2.96. The third kappa shape index (κ3) is 5.81. The van der Waals surface area contributed by atoms with Gasteiger partial charge >= 0.3 is 6.09 Å². The van der Waals surface area contributed by atoms with Crippen LogP contribution in [0.1, 0.15) is 11.3 Å². The summed E-state index contributed by atoms with van der Waals surface area (Å²) >= 11 is 4.17. The number of thiazole rings is 1. The van der Waals surface area contributed by atoms with Gasteiger partial charge in [0.25, 0.3) is 0 Å². The average Bonchev–Trinajstić information content (AvgIpc) is 3.20. The molecule has 33 heavy (non-hydrogen) atoms. The Morgan fingerprint density at radius 2 is 1.88 bits per heavy atom. The lowest BCUT2D eigenvalue weighted by Crippen LogP contribution is -2.27. The Morgan fingerprint density at radius 3 is 2.48 bits per heavy atom. The third-order valence-corrected chi connectivity index (χ3v) is 8.69. The van der Waals surface area contributed by atoms with Gasteiger partial charge in [-0.3, -0.25) is 9.69 Å². The number of hydrogen-bond donors (Lipinski definition) is 1. The minimum Gasteiger partial charge on any atom is -0.463 e. The van der Waals surface area contributed by atoms with Gasteiger partial charge in [-0.15, -0.1) is 4.36 Å². The van der Waals surface area contributed by atoms with E-state index < -0.39 is 27.5 Å². The van der Waals surface area contributed by atoms with Crippen molar-refractivity contribution < 1.29 is 27.7 Å². The topological polar surface area (TPSA) is 99.9 Å². The number of carboxylic acid groups (broad SMARTS) is 1. The largest absolute Gasteiger partial charge is 0.463 e. The van der Waals surface area contributed by atoms with Crippen LogP contribution >= 0.6 is 27.3 Å². The molecule has 0 fully saturated rings. The molecule has 1 N–H and O–H groups in total. The summed E-state index contributed by atoms with van der Waals surface area (Å²) in [7, 11) is -1.73. The van der Waals surface area contributed by atoms with Crippen LogP contribution in [0.25, 0.3) is 11.1 Å². The van der Waals surface area contributed by atoms with Gasteiger partial charge in [0.2, 0.25) is 5.91 Å². The zero-order valence-electron chi connectivity index (χ0n) is 17.4. The monoisotopic (exact) mass is 557 g/mol. The predicted octanol–water partition coefficient (Wildman–Crippen LogP) is 5.32. The van der Waals surface area contributed by atoms with Gasteiger partial charge in [-0.2, -0.15) is 0 Å². The fourth-order valence-corrected chi connectivity index (χ4v) is 6.42. The van der Waals surface area contributed by atoms with E-state index in [0.29, 0.717) is 16.8 Å². The van der Waals surface area contributed by atoms with E-state index in [2.05, 4.69) is 25.3 Å². The summed E-state index contributed by atoms with van der Waals surface area (Å²) in [6.07, 6.45) is -0.346. The minimum absolute atomic E-state index is 0.00196. The lowest BCUT2D eigenvalue weighted by atomic mass is 10.0. The second kappa shape index (κ2) is 10.1. The smallest absolute Gasteiger partial charge is 0.439 e. The number of aromatic nitrogens is 1. The molecule has 0 spiro atoms. The second-order valence-corrected chi connectivity index (χ2v) is 11.0. The van der Waals surface area contributed by atoms with Crippen molar-refractivity contribution >= 4 is 54.1 Å². The molecule has 0 bridgehead atoms. The molecule has 7 nitrogen and oxygen atoms in total. The highest BCUT2D eigenvalue weighted by Gasteiger charge is 2.23. The van der Waals surface area contributed by atoms with Crippen molar-refractivity contribution in [3.05, 3.63) is 65.4 Å². The molecule has 12 heteroatoms. The normalized spacial score (nSPS) is 12.8. The molecule has 0 aliphatic rings. The number of halogens is 3. The molecule has 1 unspecified atom stereocenters. The molecule has 0 saturated carbocycles. The van der Waals surface area contributed by atoms with Crippen molar-refractivity contribution in [3.63, 3.8) is 0 Å². The molecule has 1 atom stereocenters. The number of carbonyl (C=O) groups is 2. The molecule has 3 rings (SSSR count). The highest BCUT2D eigenvalue weighted by molar-refractivity contribution is 9.08. The standard InChI is InChI=1S/C21H18BrF2N3O4S2/c1-27(20-25-17(11-22)19(32-20)33(2,31)26-21(29)30)18(28)9-12-3-5-13(6-4-12)15-10-14(23)7-8-16(15)24/h3-8,10H,9,11H2,1-2H3,(H,29,30). The number of nitrogens with zero attached hydrogens (tertiary/aromatic N) is 3. The second-order valence-electron chi connectivity index (χ2n) is 6.99. The Hall–Kier alpha value is -2.70. The highest BCUT2D eigenvalue weighted by Crippen LogP contribution is 2.32. The van der Waals surface area contributed by atoms with E-state index in [1.54, 1.807) is 24.3 Å². The Labute approximate surface area is 201 Å². The number of amides is 2. The highest BCUT2D eigenvalue weighted by atomic mass is 79.9. The van der Waals surface area contributed by atoms with Crippen LogP contribution in [0.4, 0.5) is 18.7 Å². The van der Waals surface area contributed by atoms with Gasteiger partial charge < -0.3 is 5.11 Å². The van der Waals surface area contributed by atoms with Crippen LogP contribution in [0.2, 0.25) is 0 Å². The minimum atomic E-state index is -3.23. The first-order valence-corrected chi connectivity index (χ1v) is 13.2. The number of anilines is 1. The number of hydrogen-bond acceptors (Lipinski definition) is 5. The summed E-state index contributed by atoms with van der Waals surface area (Å²) in [5.74, 6) is -1.42. The maximum absolute atomic E-state index is 14.0. The van der Waals surface area contributed by atoms with Crippen LogP contribution in [0.5, 0.6) is 0 Å². The van der Waals surface area contributed by atoms with Gasteiger partial charge in [-0.1, -0.05) is 51.5 Å². The number of rotatable bonds is 6. The molecule has 2 aromatic carbocycles. The van der Waals surface area contributed by atoms with Crippen LogP contribution in [0.15, 0.2) is 51.0 Å². The Kier molecular flexibility index (Phi) is 7.60. The van der Waals surface area contributed by atoms with E-state index >= 15 is 0 Å². The van der Waals surface area contributed by atoms with Crippen molar-refractivity contribution in [3.8, 4) is 11.1 Å². The summed E-state index contributed by atoms with van der Waals surface area (Å²) in [5.41, 5.74) is 1.58. The number of carbonyl (C=O) groups excluding carboxylic acids is 1. The predicted molar refractivity (Wildman–Crippen MR) is 126 cm³/mol. The molecule has 1 aromatic heterocycles. The lowest BCUT2D eigenvalue weighted by Gasteiger charge is -2.14. The fraction of sp³-hybridized carbons (Fsp3) is 0.190. The zero-order valence-corrected chi connectivity index (χ0v) is 20.6. The van der Waals surface area contributed by atoms with Crippen molar-refractivity contribution in [2.75, 3.05) is 18.2 Å². The Morgan fingerprint density at radius 1 is 1.21 bits per heavy atom. The molecule has 0 aliphatic heterocycles. The SMILES string of the molecule is CN(C(=O)Cc1ccc(-c2cc(F)ccc2F)cc1)c1nc(CBr)c(S(C)(=O)=NC(=O)O)s1. The molecule has 3 aromatic rings.